The van der Waals surface area contributed by atoms with Gasteiger partial charge in [-0.1, -0.05) is 32.4 Å². The van der Waals surface area contributed by atoms with E-state index in [1.807, 2.05) is 13.8 Å². The van der Waals surface area contributed by atoms with Gasteiger partial charge in [0.25, 0.3) is 5.91 Å². The average molecular weight is 422 g/mol. The van der Waals surface area contributed by atoms with Gasteiger partial charge in [-0.25, -0.2) is 22.6 Å². The maximum absolute atomic E-state index is 14.0. The Kier molecular flexibility index (Phi) is 6.74. The maximum atomic E-state index is 14.0. The van der Waals surface area contributed by atoms with Crippen LogP contribution in [0.2, 0.25) is 0 Å². The molecule has 2 aromatic carbocycles. The van der Waals surface area contributed by atoms with Crippen molar-refractivity contribution < 1.29 is 27.1 Å². The molecule has 1 amide bonds. The van der Waals surface area contributed by atoms with Crippen molar-refractivity contribution in [3.05, 3.63) is 70.8 Å². The second kappa shape index (κ2) is 9.28. The summed E-state index contributed by atoms with van der Waals surface area (Å²) in [5.74, 6) is -4.19. The van der Waals surface area contributed by atoms with E-state index in [0.29, 0.717) is 6.42 Å². The van der Waals surface area contributed by atoms with Gasteiger partial charge in [0, 0.05) is 12.0 Å². The number of aliphatic imine (C=N–C) groups is 1. The van der Waals surface area contributed by atoms with Crippen molar-refractivity contribution in [3.63, 3.8) is 0 Å². The summed E-state index contributed by atoms with van der Waals surface area (Å²) in [5.41, 5.74) is -0.775. The van der Waals surface area contributed by atoms with Gasteiger partial charge in [-0.2, -0.15) is 0 Å². The second-order valence-electron chi connectivity index (χ2n) is 7.27. The molecule has 0 bridgehead atoms. The standard InChI is InChI=1S/C22H22F4N2O2/c1-3-12(2)20(28-21(29)19-17(25)8-5-9-18(19)26)22-27-13(11-30-22)10-14-15(23)6-4-7-16(14)24/h4-9,12-13,20H,3,10-11H2,1-2H3,(H,28,29)/t12?,13-,20?/m0/s1. The lowest BCUT2D eigenvalue weighted by atomic mass is 9.98. The van der Waals surface area contributed by atoms with E-state index in [4.69, 9.17) is 4.74 Å². The topological polar surface area (TPSA) is 50.7 Å². The third-order valence-corrected chi connectivity index (χ3v) is 5.19. The molecule has 4 nitrogen and oxygen atoms in total. The van der Waals surface area contributed by atoms with Gasteiger partial charge >= 0.3 is 0 Å². The van der Waals surface area contributed by atoms with Crippen molar-refractivity contribution in [1.29, 1.82) is 0 Å². The SMILES string of the molecule is CCC(C)C(NC(=O)c1c(F)cccc1F)C1=N[C@@H](Cc2c(F)cccc2F)CO1. The van der Waals surface area contributed by atoms with Crippen LogP contribution in [-0.4, -0.2) is 30.5 Å². The molecule has 2 aromatic rings. The number of halogens is 4. The zero-order valence-electron chi connectivity index (χ0n) is 16.6. The van der Waals surface area contributed by atoms with Crippen LogP contribution in [0.5, 0.6) is 0 Å². The first kappa shape index (κ1) is 21.8. The molecule has 0 saturated carbocycles. The highest BCUT2D eigenvalue weighted by atomic mass is 19.1. The van der Waals surface area contributed by atoms with Gasteiger partial charge < -0.3 is 10.1 Å². The Morgan fingerprint density at radius 3 is 2.23 bits per heavy atom. The summed E-state index contributed by atoms with van der Waals surface area (Å²) in [7, 11) is 0. The van der Waals surface area contributed by atoms with Crippen LogP contribution in [0.25, 0.3) is 0 Å². The Morgan fingerprint density at radius 2 is 1.67 bits per heavy atom. The lowest BCUT2D eigenvalue weighted by molar-refractivity contribution is 0.0923. The van der Waals surface area contributed by atoms with E-state index in [-0.39, 0.29) is 30.4 Å². The van der Waals surface area contributed by atoms with E-state index in [0.717, 1.165) is 12.1 Å². The third kappa shape index (κ3) is 4.63. The fraction of sp³-hybridized carbons (Fsp3) is 0.364. The maximum Gasteiger partial charge on any atom is 0.257 e. The van der Waals surface area contributed by atoms with Gasteiger partial charge in [0.1, 0.15) is 41.5 Å². The first-order valence-corrected chi connectivity index (χ1v) is 9.70. The first-order chi connectivity index (χ1) is 14.3. The lowest BCUT2D eigenvalue weighted by Crippen LogP contribution is -2.45. The number of hydrogen-bond acceptors (Lipinski definition) is 3. The number of carbonyl (C=O) groups excluding carboxylic acids is 1. The largest absolute Gasteiger partial charge is 0.477 e. The number of ether oxygens (including phenoxy) is 1. The van der Waals surface area contributed by atoms with E-state index < -0.39 is 46.8 Å². The molecule has 160 valence electrons. The van der Waals surface area contributed by atoms with Gasteiger partial charge in [0.2, 0.25) is 5.90 Å². The summed E-state index contributed by atoms with van der Waals surface area (Å²) in [6.07, 6.45) is 0.616. The fourth-order valence-corrected chi connectivity index (χ4v) is 3.28. The minimum absolute atomic E-state index is 0.00881. The van der Waals surface area contributed by atoms with Crippen molar-refractivity contribution in [2.24, 2.45) is 10.9 Å². The van der Waals surface area contributed by atoms with Crippen LogP contribution >= 0.6 is 0 Å². The zero-order chi connectivity index (χ0) is 21.8. The molecule has 1 heterocycles. The predicted octanol–water partition coefficient (Wildman–Crippen LogP) is 4.43. The summed E-state index contributed by atoms with van der Waals surface area (Å²) in [5, 5.41) is 2.59. The van der Waals surface area contributed by atoms with Gasteiger partial charge in [0.05, 0.1) is 6.04 Å². The molecule has 0 fully saturated rings. The number of amides is 1. The normalized spacial score (nSPS) is 17.8. The van der Waals surface area contributed by atoms with Gasteiger partial charge in [-0.05, 0) is 30.2 Å². The summed E-state index contributed by atoms with van der Waals surface area (Å²) in [6.45, 7) is 3.80. The Balaban J connectivity index is 1.80. The van der Waals surface area contributed by atoms with Gasteiger partial charge in [0.15, 0.2) is 0 Å². The molecule has 30 heavy (non-hydrogen) atoms. The molecule has 3 rings (SSSR count). The van der Waals surface area contributed by atoms with Crippen molar-refractivity contribution in [3.8, 4) is 0 Å². The summed E-state index contributed by atoms with van der Waals surface area (Å²) in [6, 6.07) is 5.51. The number of carbonyl (C=O) groups is 1. The molecule has 0 aliphatic carbocycles. The molecule has 1 aliphatic heterocycles. The molecule has 0 aromatic heterocycles. The summed E-state index contributed by atoms with van der Waals surface area (Å²) >= 11 is 0. The lowest BCUT2D eigenvalue weighted by Gasteiger charge is -2.23. The summed E-state index contributed by atoms with van der Waals surface area (Å²) in [4.78, 5) is 16.9. The predicted molar refractivity (Wildman–Crippen MR) is 104 cm³/mol. The zero-order valence-corrected chi connectivity index (χ0v) is 16.6. The molecule has 2 unspecified atom stereocenters. The highest BCUT2D eigenvalue weighted by Crippen LogP contribution is 2.22. The molecule has 0 spiro atoms. The molecule has 0 saturated heterocycles. The van der Waals surface area contributed by atoms with Crippen molar-refractivity contribution in [2.45, 2.75) is 38.8 Å². The Labute approximate surface area is 172 Å². The molecule has 8 heteroatoms. The molecule has 1 aliphatic rings. The molecule has 1 N–H and O–H groups in total. The van der Waals surface area contributed by atoms with E-state index in [9.17, 15) is 22.4 Å². The van der Waals surface area contributed by atoms with Crippen LogP contribution in [0, 0.1) is 29.2 Å². The van der Waals surface area contributed by atoms with Crippen LogP contribution in [0.1, 0.15) is 36.2 Å². The molecule has 3 atom stereocenters. The van der Waals surface area contributed by atoms with Crippen LogP contribution in [0.4, 0.5) is 17.6 Å². The second-order valence-corrected chi connectivity index (χ2v) is 7.27. The number of benzene rings is 2. The van der Waals surface area contributed by atoms with E-state index >= 15 is 0 Å². The van der Waals surface area contributed by atoms with Gasteiger partial charge in [-0.15, -0.1) is 0 Å². The number of rotatable bonds is 7. The van der Waals surface area contributed by atoms with Crippen LogP contribution < -0.4 is 5.32 Å². The number of nitrogens with one attached hydrogen (secondary N) is 1. The monoisotopic (exact) mass is 422 g/mol. The van der Waals surface area contributed by atoms with E-state index in [1.165, 1.54) is 24.3 Å². The minimum atomic E-state index is -0.974. The molecule has 0 radical (unpaired) electrons. The smallest absolute Gasteiger partial charge is 0.257 e. The van der Waals surface area contributed by atoms with Crippen molar-refractivity contribution in [1.82, 2.24) is 5.32 Å². The molecular formula is C22H22F4N2O2. The van der Waals surface area contributed by atoms with Gasteiger partial charge in [-0.3, -0.25) is 4.79 Å². The third-order valence-electron chi connectivity index (χ3n) is 5.19. The van der Waals surface area contributed by atoms with Crippen LogP contribution in [0.3, 0.4) is 0 Å². The van der Waals surface area contributed by atoms with E-state index in [1.54, 1.807) is 0 Å². The van der Waals surface area contributed by atoms with Crippen molar-refractivity contribution >= 4 is 11.8 Å². The molecular weight excluding hydrogens is 400 g/mol. The first-order valence-electron chi connectivity index (χ1n) is 9.70. The fourth-order valence-electron chi connectivity index (χ4n) is 3.28. The van der Waals surface area contributed by atoms with Crippen molar-refractivity contribution in [2.75, 3.05) is 6.61 Å². The number of nitrogens with zero attached hydrogens (tertiary/aromatic N) is 1. The minimum Gasteiger partial charge on any atom is -0.477 e. The van der Waals surface area contributed by atoms with E-state index in [2.05, 4.69) is 10.3 Å². The quantitative estimate of drug-likeness (QED) is 0.672. The van der Waals surface area contributed by atoms with Crippen LogP contribution in [-0.2, 0) is 11.2 Å². The Hall–Kier alpha value is -2.90. The average Bonchev–Trinajstić information content (AvgIpc) is 3.16. The Morgan fingerprint density at radius 1 is 1.10 bits per heavy atom. The highest BCUT2D eigenvalue weighted by molar-refractivity contribution is 5.98. The summed E-state index contributed by atoms with van der Waals surface area (Å²) < 4.78 is 61.4. The highest BCUT2D eigenvalue weighted by Gasteiger charge is 2.32. The van der Waals surface area contributed by atoms with Crippen LogP contribution in [0.15, 0.2) is 41.4 Å². The Bertz CT molecular complexity index is 924. The number of hydrogen-bond donors (Lipinski definition) is 1.